The predicted octanol–water partition coefficient (Wildman–Crippen LogP) is 2.04. The van der Waals surface area contributed by atoms with Gasteiger partial charge >= 0.3 is 0 Å². The minimum atomic E-state index is -0.0623. The lowest BCUT2D eigenvalue weighted by Crippen LogP contribution is -2.29. The molecule has 2 atom stereocenters. The van der Waals surface area contributed by atoms with E-state index in [1.165, 1.54) is 12.8 Å². The van der Waals surface area contributed by atoms with E-state index in [-0.39, 0.29) is 6.10 Å². The zero-order valence-corrected chi connectivity index (χ0v) is 9.52. The van der Waals surface area contributed by atoms with Gasteiger partial charge in [0.25, 0.3) is 0 Å². The first-order chi connectivity index (χ1) is 6.18. The van der Waals surface area contributed by atoms with Gasteiger partial charge in [0.05, 0.1) is 6.10 Å². The van der Waals surface area contributed by atoms with Crippen molar-refractivity contribution in [2.75, 3.05) is 13.1 Å². The molecule has 2 N–H and O–H groups in total. The molecule has 0 spiro atoms. The van der Waals surface area contributed by atoms with Gasteiger partial charge in [-0.3, -0.25) is 0 Å². The van der Waals surface area contributed by atoms with E-state index in [2.05, 4.69) is 27.8 Å². The molecule has 0 heterocycles. The molecule has 0 radical (unpaired) electrons. The lowest BCUT2D eigenvalue weighted by Gasteiger charge is -2.25. The molecule has 0 aromatic rings. The summed E-state index contributed by atoms with van der Waals surface area (Å²) < 4.78 is 0.990. The molecule has 2 unspecified atom stereocenters. The number of rotatable bonds is 4. The van der Waals surface area contributed by atoms with Crippen LogP contribution in [0, 0.1) is 5.92 Å². The molecule has 0 aromatic carbocycles. The first-order valence-corrected chi connectivity index (χ1v) is 5.70. The Kier molecular flexibility index (Phi) is 4.99. The van der Waals surface area contributed by atoms with Crippen molar-refractivity contribution in [2.24, 2.45) is 5.92 Å². The smallest absolute Gasteiger partial charge is 0.0543 e. The van der Waals surface area contributed by atoms with Gasteiger partial charge in [0.2, 0.25) is 0 Å². The number of hydrogen-bond acceptors (Lipinski definition) is 2. The molecule has 2 nitrogen and oxygen atoms in total. The van der Waals surface area contributed by atoms with Crippen LogP contribution in [0.4, 0.5) is 0 Å². The van der Waals surface area contributed by atoms with Crippen molar-refractivity contribution in [3.8, 4) is 0 Å². The van der Waals surface area contributed by atoms with Crippen molar-refractivity contribution < 1.29 is 5.11 Å². The summed E-state index contributed by atoms with van der Waals surface area (Å²) in [5, 5.41) is 12.8. The first kappa shape index (κ1) is 11.2. The summed E-state index contributed by atoms with van der Waals surface area (Å²) >= 11 is 3.30. The summed E-state index contributed by atoms with van der Waals surface area (Å²) in [5.74, 6) is 0.649. The van der Waals surface area contributed by atoms with Crippen molar-refractivity contribution >= 4 is 15.9 Å². The Bertz CT molecular complexity index is 172. The zero-order valence-electron chi connectivity index (χ0n) is 7.93. The molecule has 13 heavy (non-hydrogen) atoms. The number of nitrogens with one attached hydrogen (secondary N) is 1. The van der Waals surface area contributed by atoms with Gasteiger partial charge in [-0.1, -0.05) is 28.9 Å². The van der Waals surface area contributed by atoms with Crippen LogP contribution in [0.25, 0.3) is 0 Å². The fraction of sp³-hybridized carbons (Fsp3) is 0.800. The second-order valence-electron chi connectivity index (χ2n) is 3.83. The molecule has 1 aliphatic carbocycles. The summed E-state index contributed by atoms with van der Waals surface area (Å²) in [6.45, 7) is 5.59. The van der Waals surface area contributed by atoms with E-state index in [4.69, 9.17) is 0 Å². The van der Waals surface area contributed by atoms with E-state index >= 15 is 0 Å². The van der Waals surface area contributed by atoms with Crippen LogP contribution in [0.15, 0.2) is 11.1 Å². The quantitative estimate of drug-likeness (QED) is 0.797. The molecule has 0 bridgehead atoms. The minimum Gasteiger partial charge on any atom is -0.393 e. The Balaban J connectivity index is 2.10. The lowest BCUT2D eigenvalue weighted by molar-refractivity contribution is 0.101. The fourth-order valence-electron chi connectivity index (χ4n) is 1.86. The molecule has 0 amide bonds. The van der Waals surface area contributed by atoms with Crippen molar-refractivity contribution in [3.05, 3.63) is 11.1 Å². The molecule has 1 fully saturated rings. The topological polar surface area (TPSA) is 32.3 Å². The molecule has 0 aliphatic heterocycles. The molecular weight excluding hydrogens is 230 g/mol. The van der Waals surface area contributed by atoms with Gasteiger partial charge in [0, 0.05) is 11.0 Å². The minimum absolute atomic E-state index is 0.0623. The van der Waals surface area contributed by atoms with Crippen molar-refractivity contribution in [3.63, 3.8) is 0 Å². The molecule has 0 saturated heterocycles. The highest BCUT2D eigenvalue weighted by Gasteiger charge is 2.19. The fourth-order valence-corrected chi connectivity index (χ4v) is 2.06. The second kappa shape index (κ2) is 5.78. The first-order valence-electron chi connectivity index (χ1n) is 4.90. The van der Waals surface area contributed by atoms with E-state index in [0.717, 1.165) is 30.4 Å². The standard InChI is InChI=1S/C10H18BrNO/c1-8(11)6-12-7-9-3-2-4-10(13)5-9/h9-10,12-13H,1-7H2. The normalized spacial score (nSPS) is 28.8. The Labute approximate surface area is 88.5 Å². The predicted molar refractivity (Wildman–Crippen MR) is 58.9 cm³/mol. The van der Waals surface area contributed by atoms with Crippen LogP contribution in [0.3, 0.4) is 0 Å². The van der Waals surface area contributed by atoms with Crippen molar-refractivity contribution in [1.82, 2.24) is 5.32 Å². The number of hydrogen-bond donors (Lipinski definition) is 2. The van der Waals surface area contributed by atoms with Crippen LogP contribution in [0.2, 0.25) is 0 Å². The van der Waals surface area contributed by atoms with Gasteiger partial charge in [0.1, 0.15) is 0 Å². The second-order valence-corrected chi connectivity index (χ2v) is 4.96. The van der Waals surface area contributed by atoms with Gasteiger partial charge in [-0.25, -0.2) is 0 Å². The maximum absolute atomic E-state index is 9.43. The highest BCUT2D eigenvalue weighted by atomic mass is 79.9. The molecule has 76 valence electrons. The van der Waals surface area contributed by atoms with Gasteiger partial charge in [-0.2, -0.15) is 0 Å². The van der Waals surface area contributed by atoms with Gasteiger partial charge in [0.15, 0.2) is 0 Å². The average molecular weight is 248 g/mol. The molecule has 1 rings (SSSR count). The van der Waals surface area contributed by atoms with Gasteiger partial charge in [-0.05, 0) is 31.7 Å². The molecule has 1 saturated carbocycles. The van der Waals surface area contributed by atoms with Crippen LogP contribution < -0.4 is 5.32 Å². The maximum atomic E-state index is 9.43. The molecular formula is C10H18BrNO. The Hall–Kier alpha value is 0.140. The van der Waals surface area contributed by atoms with E-state index in [1.807, 2.05) is 0 Å². The van der Waals surface area contributed by atoms with E-state index in [1.54, 1.807) is 0 Å². The maximum Gasteiger partial charge on any atom is 0.0543 e. The summed E-state index contributed by atoms with van der Waals surface area (Å²) in [6.07, 6.45) is 4.30. The third kappa shape index (κ3) is 4.79. The van der Waals surface area contributed by atoms with Crippen LogP contribution >= 0.6 is 15.9 Å². The zero-order chi connectivity index (χ0) is 9.68. The summed E-state index contributed by atoms with van der Waals surface area (Å²) in [4.78, 5) is 0. The highest BCUT2D eigenvalue weighted by molar-refractivity contribution is 9.11. The van der Waals surface area contributed by atoms with Crippen LogP contribution in [-0.4, -0.2) is 24.3 Å². The SMILES string of the molecule is C=C(Br)CNCC1CCCC(O)C1. The average Bonchev–Trinajstić information content (AvgIpc) is 2.03. The van der Waals surface area contributed by atoms with Gasteiger partial charge < -0.3 is 10.4 Å². The van der Waals surface area contributed by atoms with E-state index < -0.39 is 0 Å². The van der Waals surface area contributed by atoms with E-state index in [0.29, 0.717) is 5.92 Å². The number of aliphatic hydroxyl groups is 1. The van der Waals surface area contributed by atoms with Crippen molar-refractivity contribution in [2.45, 2.75) is 31.8 Å². The van der Waals surface area contributed by atoms with Gasteiger partial charge in [-0.15, -0.1) is 0 Å². The van der Waals surface area contributed by atoms with Crippen LogP contribution in [-0.2, 0) is 0 Å². The van der Waals surface area contributed by atoms with E-state index in [9.17, 15) is 5.11 Å². The molecule has 0 aromatic heterocycles. The number of halogens is 1. The van der Waals surface area contributed by atoms with Crippen LogP contribution in [0.1, 0.15) is 25.7 Å². The largest absolute Gasteiger partial charge is 0.393 e. The summed E-state index contributed by atoms with van der Waals surface area (Å²) in [5.41, 5.74) is 0. The van der Waals surface area contributed by atoms with Crippen LogP contribution in [0.5, 0.6) is 0 Å². The molecule has 3 heteroatoms. The Morgan fingerprint density at radius 2 is 2.31 bits per heavy atom. The third-order valence-electron chi connectivity index (χ3n) is 2.50. The highest BCUT2D eigenvalue weighted by Crippen LogP contribution is 2.23. The third-order valence-corrected chi connectivity index (χ3v) is 2.79. The molecule has 1 aliphatic rings. The monoisotopic (exact) mass is 247 g/mol. The lowest BCUT2D eigenvalue weighted by atomic mass is 9.87. The summed E-state index contributed by atoms with van der Waals surface area (Å²) in [6, 6.07) is 0. The Morgan fingerprint density at radius 1 is 1.54 bits per heavy atom. The number of aliphatic hydroxyl groups excluding tert-OH is 1. The Morgan fingerprint density at radius 3 is 2.92 bits per heavy atom. The summed E-state index contributed by atoms with van der Waals surface area (Å²) in [7, 11) is 0. The van der Waals surface area contributed by atoms with Crippen molar-refractivity contribution in [1.29, 1.82) is 0 Å².